The number of para-hydroxylation sites is 1. The van der Waals surface area contributed by atoms with E-state index in [0.29, 0.717) is 22.6 Å². The molecule has 1 amide bonds. The Bertz CT molecular complexity index is 1060. The number of ether oxygens (including phenoxy) is 2. The average Bonchev–Trinajstić information content (AvgIpc) is 3.22. The maximum absolute atomic E-state index is 12.9. The topological polar surface area (TPSA) is 93.2 Å². The Balaban J connectivity index is 1.46. The van der Waals surface area contributed by atoms with Crippen LogP contribution < -0.4 is 9.47 Å². The van der Waals surface area contributed by atoms with Crippen molar-refractivity contribution in [2.24, 2.45) is 0 Å². The fraction of sp³-hybridized carbons (Fsp3) is 0.300. The molecule has 0 aliphatic carbocycles. The van der Waals surface area contributed by atoms with Crippen molar-refractivity contribution in [3.8, 4) is 11.5 Å². The Kier molecular flexibility index (Phi) is 5.01. The lowest BCUT2D eigenvalue weighted by Crippen LogP contribution is -2.50. The normalized spacial score (nSPS) is 16.7. The van der Waals surface area contributed by atoms with Crippen LogP contribution in [0.15, 0.2) is 47.4 Å². The molecule has 152 valence electrons. The number of benzene rings is 2. The van der Waals surface area contributed by atoms with Crippen LogP contribution in [0.25, 0.3) is 0 Å². The lowest BCUT2D eigenvalue weighted by atomic mass is 10.1. The molecule has 29 heavy (non-hydrogen) atoms. The van der Waals surface area contributed by atoms with E-state index < -0.39 is 10.0 Å². The van der Waals surface area contributed by atoms with Crippen molar-refractivity contribution >= 4 is 21.7 Å². The number of piperazine rings is 1. The maximum atomic E-state index is 12.9. The highest BCUT2D eigenvalue weighted by molar-refractivity contribution is 7.89. The van der Waals surface area contributed by atoms with Gasteiger partial charge in [-0.15, -0.1) is 0 Å². The first-order valence-corrected chi connectivity index (χ1v) is 10.6. The highest BCUT2D eigenvalue weighted by Crippen LogP contribution is 2.36. The number of ketones is 1. The highest BCUT2D eigenvalue weighted by atomic mass is 32.2. The van der Waals surface area contributed by atoms with Crippen LogP contribution in [0.4, 0.5) is 0 Å². The van der Waals surface area contributed by atoms with E-state index in [0.717, 1.165) is 0 Å². The Labute approximate surface area is 168 Å². The van der Waals surface area contributed by atoms with E-state index >= 15 is 0 Å². The fourth-order valence-corrected chi connectivity index (χ4v) is 4.83. The van der Waals surface area contributed by atoms with Crippen LogP contribution >= 0.6 is 0 Å². The summed E-state index contributed by atoms with van der Waals surface area (Å²) >= 11 is 0. The summed E-state index contributed by atoms with van der Waals surface area (Å²) in [6, 6.07) is 11.0. The van der Waals surface area contributed by atoms with Crippen molar-refractivity contribution < 1.29 is 27.5 Å². The third-order valence-electron chi connectivity index (χ3n) is 5.05. The van der Waals surface area contributed by atoms with Crippen LogP contribution in [0, 0.1) is 0 Å². The zero-order chi connectivity index (χ0) is 20.6. The Morgan fingerprint density at radius 2 is 1.62 bits per heavy atom. The number of rotatable bonds is 4. The molecule has 4 rings (SSSR count). The molecule has 0 radical (unpaired) electrons. The van der Waals surface area contributed by atoms with Gasteiger partial charge in [0, 0.05) is 31.7 Å². The SMILES string of the molecule is CC(=O)c1ccc(S(=O)(=O)N2CCN(C(=O)c3cccc4c3OCO4)CC2)cc1. The van der Waals surface area contributed by atoms with E-state index in [1.807, 2.05) is 0 Å². The molecule has 1 saturated heterocycles. The summed E-state index contributed by atoms with van der Waals surface area (Å²) in [7, 11) is -3.69. The van der Waals surface area contributed by atoms with E-state index in [4.69, 9.17) is 9.47 Å². The van der Waals surface area contributed by atoms with Crippen LogP contribution in [0.5, 0.6) is 11.5 Å². The van der Waals surface area contributed by atoms with Crippen molar-refractivity contribution in [3.63, 3.8) is 0 Å². The maximum Gasteiger partial charge on any atom is 0.257 e. The number of carbonyl (C=O) groups excluding carboxylic acids is 2. The van der Waals surface area contributed by atoms with Gasteiger partial charge in [0.25, 0.3) is 5.91 Å². The molecule has 0 unspecified atom stereocenters. The second kappa shape index (κ2) is 7.49. The molecule has 9 heteroatoms. The van der Waals surface area contributed by atoms with E-state index in [1.165, 1.54) is 35.5 Å². The summed E-state index contributed by atoms with van der Waals surface area (Å²) in [6.45, 7) is 2.43. The lowest BCUT2D eigenvalue weighted by molar-refractivity contribution is 0.0693. The van der Waals surface area contributed by atoms with Gasteiger partial charge in [0.15, 0.2) is 17.3 Å². The first kappa shape index (κ1) is 19.4. The zero-order valence-corrected chi connectivity index (χ0v) is 16.6. The Morgan fingerprint density at radius 1 is 0.931 bits per heavy atom. The van der Waals surface area contributed by atoms with Crippen molar-refractivity contribution in [2.75, 3.05) is 33.0 Å². The molecule has 0 saturated carbocycles. The van der Waals surface area contributed by atoms with E-state index in [2.05, 4.69) is 0 Å². The summed E-state index contributed by atoms with van der Waals surface area (Å²) in [5.41, 5.74) is 0.872. The van der Waals surface area contributed by atoms with E-state index in [-0.39, 0.29) is 49.6 Å². The van der Waals surface area contributed by atoms with Crippen molar-refractivity contribution in [2.45, 2.75) is 11.8 Å². The molecule has 0 atom stereocenters. The van der Waals surface area contributed by atoms with Gasteiger partial charge < -0.3 is 14.4 Å². The van der Waals surface area contributed by atoms with E-state index in [9.17, 15) is 18.0 Å². The number of fused-ring (bicyclic) bond motifs is 1. The predicted octanol–water partition coefficient (Wildman–Crippen LogP) is 1.76. The number of sulfonamides is 1. The predicted molar refractivity (Wildman–Crippen MR) is 104 cm³/mol. The van der Waals surface area contributed by atoms with Gasteiger partial charge in [-0.05, 0) is 31.2 Å². The summed E-state index contributed by atoms with van der Waals surface area (Å²) in [4.78, 5) is 26.0. The Hall–Kier alpha value is -2.91. The number of hydrogen-bond donors (Lipinski definition) is 0. The molecule has 0 aromatic heterocycles. The molecular weight excluding hydrogens is 396 g/mol. The third kappa shape index (κ3) is 3.58. The summed E-state index contributed by atoms with van der Waals surface area (Å²) in [5.74, 6) is 0.627. The van der Waals surface area contributed by atoms with Crippen molar-refractivity contribution in [3.05, 3.63) is 53.6 Å². The van der Waals surface area contributed by atoms with Gasteiger partial charge in [0.2, 0.25) is 16.8 Å². The first-order chi connectivity index (χ1) is 13.9. The van der Waals surface area contributed by atoms with Crippen molar-refractivity contribution in [1.82, 2.24) is 9.21 Å². The number of Topliss-reactive ketones (excluding diaryl/α,β-unsaturated/α-hetero) is 1. The molecule has 2 aliphatic rings. The van der Waals surface area contributed by atoms with Gasteiger partial charge in [0.1, 0.15) is 0 Å². The highest BCUT2D eigenvalue weighted by Gasteiger charge is 2.32. The van der Waals surface area contributed by atoms with Gasteiger partial charge in [-0.2, -0.15) is 4.31 Å². The van der Waals surface area contributed by atoms with Gasteiger partial charge in [-0.1, -0.05) is 18.2 Å². The quantitative estimate of drug-likeness (QED) is 0.705. The van der Waals surface area contributed by atoms with Crippen molar-refractivity contribution in [1.29, 1.82) is 0 Å². The number of amides is 1. The smallest absolute Gasteiger partial charge is 0.257 e. The fourth-order valence-electron chi connectivity index (χ4n) is 3.41. The monoisotopic (exact) mass is 416 g/mol. The summed E-state index contributed by atoms with van der Waals surface area (Å²) < 4.78 is 37.8. The van der Waals surface area contributed by atoms with Crippen LogP contribution in [0.3, 0.4) is 0 Å². The number of nitrogens with zero attached hydrogens (tertiary/aromatic N) is 2. The zero-order valence-electron chi connectivity index (χ0n) is 15.8. The van der Waals surface area contributed by atoms with Gasteiger partial charge in [-0.3, -0.25) is 9.59 Å². The van der Waals surface area contributed by atoms with Gasteiger partial charge >= 0.3 is 0 Å². The number of carbonyl (C=O) groups is 2. The molecule has 0 bridgehead atoms. The van der Waals surface area contributed by atoms with Crippen LogP contribution in [0.2, 0.25) is 0 Å². The molecule has 0 N–H and O–H groups in total. The minimum atomic E-state index is -3.69. The van der Waals surface area contributed by atoms with Gasteiger partial charge in [0.05, 0.1) is 10.5 Å². The van der Waals surface area contributed by atoms with E-state index in [1.54, 1.807) is 23.1 Å². The molecule has 2 aromatic rings. The Morgan fingerprint density at radius 3 is 2.28 bits per heavy atom. The summed E-state index contributed by atoms with van der Waals surface area (Å²) in [6.07, 6.45) is 0. The summed E-state index contributed by atoms with van der Waals surface area (Å²) in [5, 5.41) is 0. The molecular formula is C20H20N2O6S. The molecule has 8 nitrogen and oxygen atoms in total. The van der Waals surface area contributed by atoms with Crippen LogP contribution in [-0.2, 0) is 10.0 Å². The molecule has 1 fully saturated rings. The molecule has 2 heterocycles. The molecule has 0 spiro atoms. The average molecular weight is 416 g/mol. The first-order valence-electron chi connectivity index (χ1n) is 9.17. The third-order valence-corrected chi connectivity index (χ3v) is 6.96. The van der Waals surface area contributed by atoms with Crippen LogP contribution in [-0.4, -0.2) is 62.3 Å². The minimum absolute atomic E-state index is 0.0774. The number of hydrogen-bond acceptors (Lipinski definition) is 6. The van der Waals surface area contributed by atoms with Crippen LogP contribution in [0.1, 0.15) is 27.6 Å². The second-order valence-electron chi connectivity index (χ2n) is 6.82. The minimum Gasteiger partial charge on any atom is -0.454 e. The molecule has 2 aliphatic heterocycles. The molecule has 2 aromatic carbocycles. The van der Waals surface area contributed by atoms with Gasteiger partial charge in [-0.25, -0.2) is 8.42 Å². The lowest BCUT2D eigenvalue weighted by Gasteiger charge is -2.34. The largest absolute Gasteiger partial charge is 0.454 e. The standard InChI is InChI=1S/C20H20N2O6S/c1-14(23)15-5-7-16(8-6-15)29(25,26)22-11-9-21(10-12-22)20(24)17-3-2-4-18-19(17)28-13-27-18/h2-8H,9-13H2,1H3. The second-order valence-corrected chi connectivity index (χ2v) is 8.75.